The smallest absolute Gasteiger partial charge is 0.00104 e. The van der Waals surface area contributed by atoms with E-state index in [-0.39, 0.29) is 0 Å². The molecule has 0 aromatic heterocycles. The summed E-state index contributed by atoms with van der Waals surface area (Å²) < 4.78 is 0. The molecule has 0 aliphatic heterocycles. The number of hydrogen-bond donors (Lipinski definition) is 1. The van der Waals surface area contributed by atoms with Gasteiger partial charge in [0.05, 0.1) is 0 Å². The minimum atomic E-state index is 0.647. The molecule has 0 aromatic rings. The lowest BCUT2D eigenvalue weighted by Crippen LogP contribution is -2.38. The molecule has 3 atom stereocenters. The summed E-state index contributed by atoms with van der Waals surface area (Å²) in [6.07, 6.45) is 15.0. The van der Waals surface area contributed by atoms with Crippen molar-refractivity contribution in [3.05, 3.63) is 0 Å². The van der Waals surface area contributed by atoms with E-state index in [1.807, 2.05) is 0 Å². The fourth-order valence-electron chi connectivity index (χ4n) is 4.69. The van der Waals surface area contributed by atoms with E-state index in [1.165, 1.54) is 70.8 Å². The second-order valence-corrected chi connectivity index (χ2v) is 7.83. The quantitative estimate of drug-likeness (QED) is 0.665. The van der Waals surface area contributed by atoms with Crippen LogP contribution in [0.2, 0.25) is 0 Å². The normalized spacial score (nSPS) is 33.3. The van der Waals surface area contributed by atoms with E-state index in [4.69, 9.17) is 0 Å². The van der Waals surface area contributed by atoms with Gasteiger partial charge >= 0.3 is 0 Å². The highest BCUT2D eigenvalue weighted by Gasteiger charge is 2.34. The number of rotatable bonds is 5. The molecule has 2 aliphatic rings. The van der Waals surface area contributed by atoms with Gasteiger partial charge in [0.15, 0.2) is 0 Å². The maximum Gasteiger partial charge on any atom is 0.00104 e. The first kappa shape index (κ1) is 16.3. The van der Waals surface area contributed by atoms with Gasteiger partial charge in [-0.1, -0.05) is 72.1 Å². The fraction of sp³-hybridized carbons (Fsp3) is 1.00. The number of hydrogen-bond acceptors (Lipinski definition) is 1. The Balaban J connectivity index is 1.96. The third-order valence-corrected chi connectivity index (χ3v) is 6.03. The zero-order valence-electron chi connectivity index (χ0n) is 14.2. The largest absolute Gasteiger partial charge is 0.314 e. The third kappa shape index (κ3) is 4.76. The highest BCUT2D eigenvalue weighted by Crippen LogP contribution is 2.43. The molecule has 0 radical (unpaired) electrons. The van der Waals surface area contributed by atoms with Gasteiger partial charge in [-0.3, -0.25) is 0 Å². The fourth-order valence-corrected chi connectivity index (χ4v) is 4.69. The standard InChI is InChI=1S/C19H37N/c1-4-16-11-12-18(14-20-15(2)3)19(13-16)17-9-7-5-6-8-10-17/h15-20H,4-14H2,1-3H3. The molecule has 1 nitrogen and oxygen atoms in total. The molecular weight excluding hydrogens is 242 g/mol. The van der Waals surface area contributed by atoms with E-state index >= 15 is 0 Å². The van der Waals surface area contributed by atoms with Crippen molar-refractivity contribution in [3.63, 3.8) is 0 Å². The molecule has 2 fully saturated rings. The summed E-state index contributed by atoms with van der Waals surface area (Å²) in [6.45, 7) is 8.26. The van der Waals surface area contributed by atoms with Gasteiger partial charge in [0, 0.05) is 6.04 Å². The summed E-state index contributed by atoms with van der Waals surface area (Å²) in [7, 11) is 0. The van der Waals surface area contributed by atoms with Crippen LogP contribution >= 0.6 is 0 Å². The molecule has 0 bridgehead atoms. The lowest BCUT2D eigenvalue weighted by atomic mass is 9.66. The van der Waals surface area contributed by atoms with E-state index in [2.05, 4.69) is 26.1 Å². The van der Waals surface area contributed by atoms with E-state index in [9.17, 15) is 0 Å². The molecule has 118 valence electrons. The molecule has 2 rings (SSSR count). The Labute approximate surface area is 127 Å². The van der Waals surface area contributed by atoms with E-state index in [0.29, 0.717) is 6.04 Å². The van der Waals surface area contributed by atoms with Gasteiger partial charge in [0.25, 0.3) is 0 Å². The second-order valence-electron chi connectivity index (χ2n) is 7.83. The molecule has 2 aliphatic carbocycles. The average Bonchev–Trinajstić information content (AvgIpc) is 2.73. The van der Waals surface area contributed by atoms with E-state index < -0.39 is 0 Å². The monoisotopic (exact) mass is 279 g/mol. The third-order valence-electron chi connectivity index (χ3n) is 6.03. The van der Waals surface area contributed by atoms with Crippen molar-refractivity contribution < 1.29 is 0 Å². The SMILES string of the molecule is CCC1CCC(CNC(C)C)C(C2CCCCCC2)C1. The first-order chi connectivity index (χ1) is 9.70. The topological polar surface area (TPSA) is 12.0 Å². The average molecular weight is 280 g/mol. The molecule has 1 N–H and O–H groups in total. The van der Waals surface area contributed by atoms with Gasteiger partial charge in [-0.2, -0.15) is 0 Å². The van der Waals surface area contributed by atoms with Crippen molar-refractivity contribution in [2.24, 2.45) is 23.7 Å². The van der Waals surface area contributed by atoms with Crippen molar-refractivity contribution in [1.29, 1.82) is 0 Å². The van der Waals surface area contributed by atoms with Crippen LogP contribution in [0.3, 0.4) is 0 Å². The van der Waals surface area contributed by atoms with Crippen LogP contribution in [0.5, 0.6) is 0 Å². The Hall–Kier alpha value is -0.0400. The molecule has 20 heavy (non-hydrogen) atoms. The maximum absolute atomic E-state index is 3.73. The van der Waals surface area contributed by atoms with Gasteiger partial charge < -0.3 is 5.32 Å². The minimum Gasteiger partial charge on any atom is -0.314 e. The Morgan fingerprint density at radius 2 is 1.65 bits per heavy atom. The van der Waals surface area contributed by atoms with Gasteiger partial charge in [0.2, 0.25) is 0 Å². The van der Waals surface area contributed by atoms with Crippen LogP contribution in [-0.2, 0) is 0 Å². The summed E-state index contributed by atoms with van der Waals surface area (Å²) in [4.78, 5) is 0. The van der Waals surface area contributed by atoms with E-state index in [0.717, 1.165) is 23.7 Å². The van der Waals surface area contributed by atoms with Gasteiger partial charge in [-0.25, -0.2) is 0 Å². The predicted octanol–water partition coefficient (Wildman–Crippen LogP) is 5.40. The molecule has 0 spiro atoms. The molecule has 2 saturated carbocycles. The van der Waals surface area contributed by atoms with Gasteiger partial charge in [-0.05, 0) is 43.1 Å². The molecule has 0 aromatic carbocycles. The zero-order chi connectivity index (χ0) is 14.4. The second kappa shape index (κ2) is 8.41. The van der Waals surface area contributed by atoms with Crippen LogP contribution < -0.4 is 5.32 Å². The Morgan fingerprint density at radius 1 is 0.950 bits per heavy atom. The summed E-state index contributed by atoms with van der Waals surface area (Å²) in [5.41, 5.74) is 0. The molecule has 0 heterocycles. The summed E-state index contributed by atoms with van der Waals surface area (Å²) in [5, 5.41) is 3.73. The minimum absolute atomic E-state index is 0.647. The van der Waals surface area contributed by atoms with Crippen LogP contribution in [0.4, 0.5) is 0 Å². The molecule has 0 amide bonds. The molecule has 3 unspecified atom stereocenters. The van der Waals surface area contributed by atoms with Crippen LogP contribution in [0, 0.1) is 23.7 Å². The van der Waals surface area contributed by atoms with Crippen molar-refractivity contribution in [2.75, 3.05) is 6.54 Å². The van der Waals surface area contributed by atoms with Crippen LogP contribution in [0.15, 0.2) is 0 Å². The molecule has 1 heteroatoms. The lowest BCUT2D eigenvalue weighted by Gasteiger charge is -2.41. The van der Waals surface area contributed by atoms with E-state index in [1.54, 1.807) is 0 Å². The predicted molar refractivity (Wildman–Crippen MR) is 88.9 cm³/mol. The lowest BCUT2D eigenvalue weighted by molar-refractivity contribution is 0.105. The van der Waals surface area contributed by atoms with Crippen LogP contribution in [-0.4, -0.2) is 12.6 Å². The number of nitrogens with one attached hydrogen (secondary N) is 1. The first-order valence-corrected chi connectivity index (χ1v) is 9.44. The van der Waals surface area contributed by atoms with Crippen LogP contribution in [0.1, 0.15) is 85.0 Å². The van der Waals surface area contributed by atoms with Crippen molar-refractivity contribution >= 4 is 0 Å². The van der Waals surface area contributed by atoms with Crippen molar-refractivity contribution in [1.82, 2.24) is 5.32 Å². The Kier molecular flexibility index (Phi) is 6.87. The Morgan fingerprint density at radius 3 is 2.25 bits per heavy atom. The highest BCUT2D eigenvalue weighted by molar-refractivity contribution is 4.86. The summed E-state index contributed by atoms with van der Waals surface area (Å²) in [6, 6.07) is 0.647. The summed E-state index contributed by atoms with van der Waals surface area (Å²) in [5.74, 6) is 4.06. The first-order valence-electron chi connectivity index (χ1n) is 9.44. The maximum atomic E-state index is 3.73. The van der Waals surface area contributed by atoms with Gasteiger partial charge in [0.1, 0.15) is 0 Å². The van der Waals surface area contributed by atoms with Crippen LogP contribution in [0.25, 0.3) is 0 Å². The van der Waals surface area contributed by atoms with Gasteiger partial charge in [-0.15, -0.1) is 0 Å². The van der Waals surface area contributed by atoms with Crippen molar-refractivity contribution in [3.8, 4) is 0 Å². The molecule has 0 saturated heterocycles. The van der Waals surface area contributed by atoms with Crippen molar-refractivity contribution in [2.45, 2.75) is 91.0 Å². The zero-order valence-corrected chi connectivity index (χ0v) is 14.2. The highest BCUT2D eigenvalue weighted by atomic mass is 14.9. The Bertz CT molecular complexity index is 252. The molecular formula is C19H37N. The summed E-state index contributed by atoms with van der Waals surface area (Å²) >= 11 is 0.